The highest BCUT2D eigenvalue weighted by atomic mass is 79.9. The predicted molar refractivity (Wildman–Crippen MR) is 64.9 cm³/mol. The molecule has 0 atom stereocenters. The minimum absolute atomic E-state index is 0.0552. The molecule has 0 bridgehead atoms. The van der Waals surface area contributed by atoms with Crippen molar-refractivity contribution in [1.29, 1.82) is 0 Å². The van der Waals surface area contributed by atoms with Gasteiger partial charge in [-0.05, 0) is 39.7 Å². The molecule has 0 aliphatic carbocycles. The Bertz CT molecular complexity index is 429. The summed E-state index contributed by atoms with van der Waals surface area (Å²) in [5.74, 6) is 0.167. The number of rotatable bonds is 3. The summed E-state index contributed by atoms with van der Waals surface area (Å²) in [7, 11) is 2.87. The van der Waals surface area contributed by atoms with Gasteiger partial charge in [-0.1, -0.05) is 6.07 Å². The molecule has 0 radical (unpaired) electrons. The summed E-state index contributed by atoms with van der Waals surface area (Å²) in [6.45, 7) is 0. The van der Waals surface area contributed by atoms with E-state index in [-0.39, 0.29) is 5.70 Å². The van der Waals surface area contributed by atoms with E-state index in [9.17, 15) is 4.79 Å². The number of ether oxygens (including phenoxy) is 2. The number of carbonyl (C=O) groups excluding carboxylic acids is 1. The van der Waals surface area contributed by atoms with Crippen molar-refractivity contribution in [3.63, 3.8) is 0 Å². The molecule has 0 aliphatic heterocycles. The van der Waals surface area contributed by atoms with Crippen molar-refractivity contribution in [2.75, 3.05) is 14.2 Å². The SMILES string of the molecule is COC(=O)/C(N)=C/c1ccc(OC)c(Br)c1. The summed E-state index contributed by atoms with van der Waals surface area (Å²) in [5, 5.41) is 0. The average molecular weight is 286 g/mol. The van der Waals surface area contributed by atoms with Gasteiger partial charge in [0.15, 0.2) is 0 Å². The lowest BCUT2D eigenvalue weighted by Crippen LogP contribution is -2.12. The quantitative estimate of drug-likeness (QED) is 0.681. The molecule has 0 aliphatic rings. The van der Waals surface area contributed by atoms with Gasteiger partial charge in [0.05, 0.1) is 18.7 Å². The van der Waals surface area contributed by atoms with Gasteiger partial charge in [-0.25, -0.2) is 4.79 Å². The van der Waals surface area contributed by atoms with E-state index in [0.717, 1.165) is 10.0 Å². The maximum absolute atomic E-state index is 11.1. The molecule has 16 heavy (non-hydrogen) atoms. The van der Waals surface area contributed by atoms with Crippen molar-refractivity contribution in [2.45, 2.75) is 0 Å². The molecular formula is C11H12BrNO3. The molecule has 1 aromatic carbocycles. The van der Waals surface area contributed by atoms with Crippen LogP contribution >= 0.6 is 15.9 Å². The summed E-state index contributed by atoms with van der Waals surface area (Å²) in [5.41, 5.74) is 6.36. The number of hydrogen-bond acceptors (Lipinski definition) is 4. The molecule has 0 saturated carbocycles. The van der Waals surface area contributed by atoms with Gasteiger partial charge < -0.3 is 15.2 Å². The third-order valence-electron chi connectivity index (χ3n) is 1.92. The normalized spacial score (nSPS) is 11.1. The van der Waals surface area contributed by atoms with Crippen LogP contribution in [0, 0.1) is 0 Å². The molecule has 4 nitrogen and oxygen atoms in total. The molecule has 0 spiro atoms. The molecule has 0 unspecified atom stereocenters. The van der Waals surface area contributed by atoms with Gasteiger partial charge in [-0.15, -0.1) is 0 Å². The van der Waals surface area contributed by atoms with Crippen molar-refractivity contribution in [3.05, 3.63) is 33.9 Å². The van der Waals surface area contributed by atoms with E-state index in [1.807, 2.05) is 0 Å². The second-order valence-corrected chi connectivity index (χ2v) is 3.84. The van der Waals surface area contributed by atoms with Crippen molar-refractivity contribution in [1.82, 2.24) is 0 Å². The van der Waals surface area contributed by atoms with E-state index in [1.54, 1.807) is 25.3 Å². The number of methoxy groups -OCH3 is 2. The van der Waals surface area contributed by atoms with Crippen LogP contribution < -0.4 is 10.5 Å². The molecule has 0 aromatic heterocycles. The van der Waals surface area contributed by atoms with Crippen molar-refractivity contribution in [3.8, 4) is 5.75 Å². The van der Waals surface area contributed by atoms with Crippen molar-refractivity contribution >= 4 is 28.0 Å². The van der Waals surface area contributed by atoms with E-state index in [2.05, 4.69) is 20.7 Å². The Morgan fingerprint density at radius 1 is 1.44 bits per heavy atom. The standard InChI is InChI=1S/C11H12BrNO3/c1-15-10-4-3-7(5-8(10)12)6-9(13)11(14)16-2/h3-6H,13H2,1-2H3/b9-6-. The largest absolute Gasteiger partial charge is 0.496 e. The molecule has 1 rings (SSSR count). The Morgan fingerprint density at radius 3 is 2.62 bits per heavy atom. The predicted octanol–water partition coefficient (Wildman–Crippen LogP) is 1.93. The zero-order chi connectivity index (χ0) is 12.1. The Labute approximate surface area is 102 Å². The highest BCUT2D eigenvalue weighted by molar-refractivity contribution is 9.10. The monoisotopic (exact) mass is 285 g/mol. The fourth-order valence-electron chi connectivity index (χ4n) is 1.13. The van der Waals surface area contributed by atoms with E-state index in [1.165, 1.54) is 13.2 Å². The first-order valence-electron chi connectivity index (χ1n) is 4.47. The van der Waals surface area contributed by atoms with Crippen LogP contribution in [0.2, 0.25) is 0 Å². The molecule has 1 aromatic rings. The smallest absolute Gasteiger partial charge is 0.353 e. The van der Waals surface area contributed by atoms with Gasteiger partial charge in [0.25, 0.3) is 0 Å². The fourth-order valence-corrected chi connectivity index (χ4v) is 1.69. The third-order valence-corrected chi connectivity index (χ3v) is 2.54. The maximum atomic E-state index is 11.1. The van der Waals surface area contributed by atoms with Crippen LogP contribution in [0.15, 0.2) is 28.4 Å². The number of carbonyl (C=O) groups is 1. The topological polar surface area (TPSA) is 61.5 Å². The van der Waals surface area contributed by atoms with Gasteiger partial charge in [-0.2, -0.15) is 0 Å². The Kier molecular flexibility index (Phi) is 4.37. The van der Waals surface area contributed by atoms with Crippen LogP contribution in [0.5, 0.6) is 5.75 Å². The van der Waals surface area contributed by atoms with E-state index in [0.29, 0.717) is 5.75 Å². The minimum Gasteiger partial charge on any atom is -0.496 e. The van der Waals surface area contributed by atoms with Crippen LogP contribution in [0.3, 0.4) is 0 Å². The maximum Gasteiger partial charge on any atom is 0.353 e. The van der Waals surface area contributed by atoms with Gasteiger partial charge in [-0.3, -0.25) is 0 Å². The van der Waals surface area contributed by atoms with E-state index < -0.39 is 5.97 Å². The third kappa shape index (κ3) is 3.00. The summed E-state index contributed by atoms with van der Waals surface area (Å²) >= 11 is 3.34. The lowest BCUT2D eigenvalue weighted by atomic mass is 10.2. The average Bonchev–Trinajstić information content (AvgIpc) is 2.28. The lowest BCUT2D eigenvalue weighted by molar-refractivity contribution is -0.136. The van der Waals surface area contributed by atoms with E-state index in [4.69, 9.17) is 10.5 Å². The van der Waals surface area contributed by atoms with Crippen molar-refractivity contribution < 1.29 is 14.3 Å². The number of hydrogen-bond donors (Lipinski definition) is 1. The zero-order valence-electron chi connectivity index (χ0n) is 8.99. The minimum atomic E-state index is -0.549. The highest BCUT2D eigenvalue weighted by Crippen LogP contribution is 2.26. The number of nitrogens with two attached hydrogens (primary N) is 1. The molecule has 0 heterocycles. The van der Waals surface area contributed by atoms with Gasteiger partial charge >= 0.3 is 5.97 Å². The number of halogens is 1. The van der Waals surface area contributed by atoms with Gasteiger partial charge in [0.1, 0.15) is 11.4 Å². The lowest BCUT2D eigenvalue weighted by Gasteiger charge is -2.04. The second kappa shape index (κ2) is 5.55. The van der Waals surface area contributed by atoms with Crippen LogP contribution in [-0.4, -0.2) is 20.2 Å². The summed E-state index contributed by atoms with van der Waals surface area (Å²) in [6.07, 6.45) is 1.54. The molecule has 86 valence electrons. The first-order valence-corrected chi connectivity index (χ1v) is 5.26. The first-order chi connectivity index (χ1) is 7.58. The Balaban J connectivity index is 2.98. The van der Waals surface area contributed by atoms with Crippen LogP contribution in [0.1, 0.15) is 5.56 Å². The Morgan fingerprint density at radius 2 is 2.12 bits per heavy atom. The highest BCUT2D eigenvalue weighted by Gasteiger charge is 2.05. The van der Waals surface area contributed by atoms with Crippen LogP contribution in [0.4, 0.5) is 0 Å². The van der Waals surface area contributed by atoms with Crippen LogP contribution in [-0.2, 0) is 9.53 Å². The molecule has 2 N–H and O–H groups in total. The van der Waals surface area contributed by atoms with Crippen LogP contribution in [0.25, 0.3) is 6.08 Å². The van der Waals surface area contributed by atoms with Gasteiger partial charge in [0, 0.05) is 0 Å². The molecule has 0 fully saturated rings. The fraction of sp³-hybridized carbons (Fsp3) is 0.182. The summed E-state index contributed by atoms with van der Waals surface area (Å²) < 4.78 is 10.4. The molecular weight excluding hydrogens is 274 g/mol. The van der Waals surface area contributed by atoms with Crippen molar-refractivity contribution in [2.24, 2.45) is 5.73 Å². The first kappa shape index (κ1) is 12.6. The van der Waals surface area contributed by atoms with E-state index >= 15 is 0 Å². The molecule has 5 heteroatoms. The van der Waals surface area contributed by atoms with Gasteiger partial charge in [0.2, 0.25) is 0 Å². The number of benzene rings is 1. The summed E-state index contributed by atoms with van der Waals surface area (Å²) in [4.78, 5) is 11.1. The second-order valence-electron chi connectivity index (χ2n) is 2.99. The molecule has 0 amide bonds. The summed E-state index contributed by atoms with van der Waals surface area (Å²) in [6, 6.07) is 5.37. The number of esters is 1. The zero-order valence-corrected chi connectivity index (χ0v) is 10.6. The molecule has 0 saturated heterocycles. The Hall–Kier alpha value is -1.49.